The third-order valence-corrected chi connectivity index (χ3v) is 6.30. The number of pyridine rings is 1. The van der Waals surface area contributed by atoms with Crippen LogP contribution in [-0.4, -0.2) is 47.2 Å². The first-order valence-corrected chi connectivity index (χ1v) is 13.9. The molecule has 9 heteroatoms. The normalized spacial score (nSPS) is 16.1. The topological polar surface area (TPSA) is 73.5 Å². The lowest BCUT2D eigenvalue weighted by Crippen LogP contribution is -2.45. The summed E-state index contributed by atoms with van der Waals surface area (Å²) in [5.41, 5.74) is 2.45. The third kappa shape index (κ3) is 6.53. The first kappa shape index (κ1) is 29.5. The lowest BCUT2D eigenvalue weighted by Gasteiger charge is -2.39. The molecule has 194 valence electrons. The molecule has 0 radical (unpaired) electrons. The van der Waals surface area contributed by atoms with Gasteiger partial charge in [-0.2, -0.15) is 4.98 Å². The molecule has 0 amide bonds. The molecular weight excluding hydrogens is 532 g/mol. The van der Waals surface area contributed by atoms with E-state index in [1.54, 1.807) is 0 Å². The molecule has 0 unspecified atom stereocenters. The van der Waals surface area contributed by atoms with Crippen molar-refractivity contribution in [2.24, 2.45) is 0 Å². The maximum absolute atomic E-state index is 6.65. The van der Waals surface area contributed by atoms with E-state index in [2.05, 4.69) is 42.0 Å². The fraction of sp³-hybridized carbons (Fsp3) is 0.577. The van der Waals surface area contributed by atoms with E-state index in [1.807, 2.05) is 60.6 Å². The molecule has 2 fully saturated rings. The highest BCUT2D eigenvalue weighted by molar-refractivity contribution is 9.10. The molecule has 3 aromatic rings. The van der Waals surface area contributed by atoms with Crippen molar-refractivity contribution in [3.05, 3.63) is 33.6 Å². The Bertz CT molecular complexity index is 1060. The molecule has 2 aliphatic heterocycles. The summed E-state index contributed by atoms with van der Waals surface area (Å²) in [5.74, 6) is 0.579. The van der Waals surface area contributed by atoms with Gasteiger partial charge < -0.3 is 18.9 Å². The van der Waals surface area contributed by atoms with Crippen LogP contribution >= 0.6 is 27.5 Å². The summed E-state index contributed by atoms with van der Waals surface area (Å²) in [6, 6.07) is 5.97. The van der Waals surface area contributed by atoms with Crippen molar-refractivity contribution in [2.75, 3.05) is 31.2 Å². The monoisotopic (exact) mass is 568 g/mol. The number of hydrogen-bond donors (Lipinski definition) is 0. The second kappa shape index (κ2) is 14.1. The highest BCUT2D eigenvalue weighted by Gasteiger charge is 2.41. The molecule has 2 aliphatic rings. The molecule has 0 saturated carbocycles. The van der Waals surface area contributed by atoms with Gasteiger partial charge in [-0.05, 0) is 18.2 Å². The van der Waals surface area contributed by atoms with Crippen LogP contribution in [0.1, 0.15) is 67.1 Å². The fourth-order valence-corrected chi connectivity index (χ4v) is 4.69. The summed E-state index contributed by atoms with van der Waals surface area (Å²) in [4.78, 5) is 11.4. The quantitative estimate of drug-likeness (QED) is 0.299. The minimum atomic E-state index is -0.455. The summed E-state index contributed by atoms with van der Waals surface area (Å²) >= 11 is 10.2. The smallest absolute Gasteiger partial charge is 0.263 e. The second-order valence-electron chi connectivity index (χ2n) is 7.25. The maximum atomic E-state index is 6.65. The molecule has 7 nitrogen and oxygen atoms in total. The zero-order valence-corrected chi connectivity index (χ0v) is 24.3. The number of aromatic nitrogens is 3. The summed E-state index contributed by atoms with van der Waals surface area (Å²) in [5, 5.41) is 5.40. The lowest BCUT2D eigenvalue weighted by molar-refractivity contribution is -0.169. The minimum absolute atomic E-state index is 0.356. The standard InChI is InChI=1S/C20H20BrClN4O3.3C2H6/c1-2-15-24-19(29-25-15)16-17(13-11-12(21)3-4-14(13)23-18(16)22)26-7-5-20(6-8-26)27-9-10-28-20;3*1-2/h3-4,11H,2,5-10H2,1H3;3*1-2H3. The number of hydrogen-bond acceptors (Lipinski definition) is 7. The summed E-state index contributed by atoms with van der Waals surface area (Å²) in [6.45, 7) is 16.8. The molecule has 0 bridgehead atoms. The lowest BCUT2D eigenvalue weighted by atomic mass is 10.00. The Labute approximate surface area is 222 Å². The van der Waals surface area contributed by atoms with Crippen molar-refractivity contribution in [1.29, 1.82) is 0 Å². The molecule has 0 atom stereocenters. The second-order valence-corrected chi connectivity index (χ2v) is 8.53. The maximum Gasteiger partial charge on any atom is 0.263 e. The summed E-state index contributed by atoms with van der Waals surface area (Å²) < 4.78 is 18.3. The van der Waals surface area contributed by atoms with Crippen molar-refractivity contribution < 1.29 is 14.0 Å². The molecular formula is C26H38BrClN4O3. The van der Waals surface area contributed by atoms with E-state index in [1.165, 1.54) is 0 Å². The van der Waals surface area contributed by atoms with E-state index < -0.39 is 5.79 Å². The Morgan fingerprint density at radius 3 is 2.20 bits per heavy atom. The molecule has 4 heterocycles. The van der Waals surface area contributed by atoms with Gasteiger partial charge >= 0.3 is 0 Å². The predicted molar refractivity (Wildman–Crippen MR) is 147 cm³/mol. The van der Waals surface area contributed by atoms with Gasteiger partial charge in [0.2, 0.25) is 0 Å². The van der Waals surface area contributed by atoms with E-state index >= 15 is 0 Å². The van der Waals surface area contributed by atoms with Crippen molar-refractivity contribution in [3.63, 3.8) is 0 Å². The molecule has 5 rings (SSSR count). The van der Waals surface area contributed by atoms with Gasteiger partial charge in [-0.1, -0.05) is 81.2 Å². The number of piperidine rings is 1. The van der Waals surface area contributed by atoms with E-state index in [-0.39, 0.29) is 0 Å². The predicted octanol–water partition coefficient (Wildman–Crippen LogP) is 7.69. The molecule has 2 saturated heterocycles. The number of nitrogens with zero attached hydrogens (tertiary/aromatic N) is 4. The number of fused-ring (bicyclic) bond motifs is 1. The third-order valence-electron chi connectivity index (χ3n) is 5.53. The molecule has 2 aromatic heterocycles. The first-order valence-electron chi connectivity index (χ1n) is 12.7. The highest BCUT2D eigenvalue weighted by atomic mass is 79.9. The van der Waals surface area contributed by atoms with Crippen LogP contribution in [0.25, 0.3) is 22.4 Å². The van der Waals surface area contributed by atoms with Crippen LogP contribution in [0, 0.1) is 0 Å². The van der Waals surface area contributed by atoms with E-state index in [0.717, 1.165) is 47.0 Å². The van der Waals surface area contributed by atoms with Crippen LogP contribution in [0.15, 0.2) is 27.2 Å². The van der Waals surface area contributed by atoms with Gasteiger partial charge in [-0.25, -0.2) is 4.98 Å². The van der Waals surface area contributed by atoms with E-state index in [9.17, 15) is 0 Å². The number of anilines is 1. The number of aryl methyl sites for hydroxylation is 1. The molecule has 35 heavy (non-hydrogen) atoms. The summed E-state index contributed by atoms with van der Waals surface area (Å²) in [7, 11) is 0. The summed E-state index contributed by atoms with van der Waals surface area (Å²) in [6.07, 6.45) is 2.25. The van der Waals surface area contributed by atoms with Gasteiger partial charge in [0.15, 0.2) is 11.6 Å². The number of rotatable bonds is 3. The van der Waals surface area contributed by atoms with Crippen molar-refractivity contribution in [3.8, 4) is 11.5 Å². The molecule has 0 N–H and O–H groups in total. The fourth-order valence-electron chi connectivity index (χ4n) is 4.06. The SMILES string of the molecule is CC.CC.CC.CCc1noc(-c2c(Cl)nc3ccc(Br)cc3c2N2CCC3(CC2)OCCO3)n1. The van der Waals surface area contributed by atoms with E-state index in [0.29, 0.717) is 42.1 Å². The number of ether oxygens (including phenoxy) is 2. The minimum Gasteiger partial charge on any atom is -0.370 e. The number of halogens is 2. The van der Waals surface area contributed by atoms with Crippen LogP contribution in [0.3, 0.4) is 0 Å². The van der Waals surface area contributed by atoms with Crippen molar-refractivity contribution in [2.45, 2.75) is 73.5 Å². The Morgan fingerprint density at radius 2 is 1.63 bits per heavy atom. The largest absolute Gasteiger partial charge is 0.370 e. The highest BCUT2D eigenvalue weighted by Crippen LogP contribution is 2.43. The van der Waals surface area contributed by atoms with Crippen LogP contribution in [-0.2, 0) is 15.9 Å². The zero-order valence-electron chi connectivity index (χ0n) is 22.0. The van der Waals surface area contributed by atoms with Crippen LogP contribution in [0.2, 0.25) is 5.15 Å². The zero-order chi connectivity index (χ0) is 26.0. The van der Waals surface area contributed by atoms with E-state index in [4.69, 9.17) is 25.6 Å². The van der Waals surface area contributed by atoms with Crippen LogP contribution in [0.5, 0.6) is 0 Å². The average molecular weight is 570 g/mol. The Hall–Kier alpha value is -1.74. The van der Waals surface area contributed by atoms with Gasteiger partial charge in [0.1, 0.15) is 10.7 Å². The Kier molecular flexibility index (Phi) is 11.9. The van der Waals surface area contributed by atoms with Crippen molar-refractivity contribution >= 4 is 44.1 Å². The molecule has 1 spiro atoms. The number of benzene rings is 1. The van der Waals surface area contributed by atoms with Crippen LogP contribution < -0.4 is 4.90 Å². The van der Waals surface area contributed by atoms with Crippen molar-refractivity contribution in [1.82, 2.24) is 15.1 Å². The van der Waals surface area contributed by atoms with Crippen LogP contribution in [0.4, 0.5) is 5.69 Å². The molecule has 1 aromatic carbocycles. The van der Waals surface area contributed by atoms with Gasteiger partial charge in [-0.15, -0.1) is 0 Å². The van der Waals surface area contributed by atoms with Gasteiger partial charge in [0.05, 0.1) is 24.4 Å². The average Bonchev–Trinajstić information content (AvgIpc) is 3.58. The van der Waals surface area contributed by atoms with Gasteiger partial charge in [0.25, 0.3) is 5.89 Å². The Balaban J connectivity index is 0.000000671. The van der Waals surface area contributed by atoms with Gasteiger partial charge in [0, 0.05) is 42.2 Å². The first-order chi connectivity index (χ1) is 17.1. The van der Waals surface area contributed by atoms with Gasteiger partial charge in [-0.3, -0.25) is 0 Å². The Morgan fingerprint density at radius 1 is 1.00 bits per heavy atom. The molecule has 0 aliphatic carbocycles.